The van der Waals surface area contributed by atoms with Gasteiger partial charge in [-0.15, -0.1) is 24.0 Å². The van der Waals surface area contributed by atoms with Crippen LogP contribution in [-0.2, 0) is 9.53 Å². The maximum absolute atomic E-state index is 12.0. The van der Waals surface area contributed by atoms with Gasteiger partial charge in [0.25, 0.3) is 0 Å². The predicted molar refractivity (Wildman–Crippen MR) is 105 cm³/mol. The summed E-state index contributed by atoms with van der Waals surface area (Å²) >= 11 is 0. The highest BCUT2D eigenvalue weighted by molar-refractivity contribution is 14.0. The Morgan fingerprint density at radius 2 is 1.74 bits per heavy atom. The second-order valence-corrected chi connectivity index (χ2v) is 5.60. The zero-order valence-electron chi connectivity index (χ0n) is 14.5. The van der Waals surface area contributed by atoms with E-state index in [2.05, 4.69) is 20.9 Å². The molecular weight excluding hydrogens is 407 g/mol. The van der Waals surface area contributed by atoms with Crippen molar-refractivity contribution in [2.75, 3.05) is 39.9 Å². The Morgan fingerprint density at radius 3 is 2.39 bits per heavy atom. The van der Waals surface area contributed by atoms with Crippen molar-refractivity contribution in [3.8, 4) is 0 Å². The summed E-state index contributed by atoms with van der Waals surface area (Å²) in [5.74, 6) is 1.20. The summed E-state index contributed by atoms with van der Waals surface area (Å²) < 4.78 is 5.28. The Labute approximate surface area is 157 Å². The second kappa shape index (κ2) is 15.0. The van der Waals surface area contributed by atoms with E-state index in [1.54, 1.807) is 7.05 Å². The summed E-state index contributed by atoms with van der Waals surface area (Å²) in [7, 11) is 1.75. The molecule has 0 heterocycles. The van der Waals surface area contributed by atoms with E-state index in [4.69, 9.17) is 4.74 Å². The second-order valence-electron chi connectivity index (χ2n) is 5.60. The highest BCUT2D eigenvalue weighted by Crippen LogP contribution is 2.23. The monoisotopic (exact) mass is 440 g/mol. The molecule has 1 amide bonds. The third-order valence-corrected chi connectivity index (χ3v) is 3.88. The number of hydrogen-bond acceptors (Lipinski definition) is 3. The fourth-order valence-electron chi connectivity index (χ4n) is 2.62. The lowest BCUT2D eigenvalue weighted by molar-refractivity contribution is -0.125. The van der Waals surface area contributed by atoms with E-state index in [0.29, 0.717) is 13.1 Å². The molecule has 1 aliphatic carbocycles. The SMILES string of the molecule is CCOCCCNC(=NC)NCCNC(=O)C1CCCCC1.I. The lowest BCUT2D eigenvalue weighted by atomic mass is 9.89. The van der Waals surface area contributed by atoms with Crippen LogP contribution in [0.3, 0.4) is 0 Å². The number of nitrogens with one attached hydrogen (secondary N) is 3. The van der Waals surface area contributed by atoms with E-state index in [1.165, 1.54) is 19.3 Å². The quantitative estimate of drug-likeness (QED) is 0.222. The lowest BCUT2D eigenvalue weighted by Gasteiger charge is -2.21. The smallest absolute Gasteiger partial charge is 0.223 e. The summed E-state index contributed by atoms with van der Waals surface area (Å²) in [4.78, 5) is 16.1. The summed E-state index contributed by atoms with van der Waals surface area (Å²) in [5.41, 5.74) is 0. The van der Waals surface area contributed by atoms with E-state index < -0.39 is 0 Å². The van der Waals surface area contributed by atoms with Crippen LogP contribution in [-0.4, -0.2) is 51.8 Å². The van der Waals surface area contributed by atoms with E-state index in [-0.39, 0.29) is 35.8 Å². The summed E-state index contributed by atoms with van der Waals surface area (Å²) in [6.07, 6.45) is 6.69. The van der Waals surface area contributed by atoms with Crippen LogP contribution in [0.2, 0.25) is 0 Å². The van der Waals surface area contributed by atoms with Crippen molar-refractivity contribution in [2.45, 2.75) is 45.4 Å². The van der Waals surface area contributed by atoms with E-state index in [0.717, 1.165) is 45.0 Å². The summed E-state index contributed by atoms with van der Waals surface area (Å²) in [6.45, 7) is 5.66. The number of amides is 1. The number of carbonyl (C=O) groups is 1. The molecule has 0 spiro atoms. The highest BCUT2D eigenvalue weighted by Gasteiger charge is 2.20. The Balaban J connectivity index is 0.00000484. The van der Waals surface area contributed by atoms with E-state index in [1.807, 2.05) is 6.92 Å². The van der Waals surface area contributed by atoms with Crippen LogP contribution in [0.4, 0.5) is 0 Å². The van der Waals surface area contributed by atoms with Crippen molar-refractivity contribution in [1.82, 2.24) is 16.0 Å². The van der Waals surface area contributed by atoms with Crippen molar-refractivity contribution in [2.24, 2.45) is 10.9 Å². The number of ether oxygens (including phenoxy) is 1. The number of halogens is 1. The fraction of sp³-hybridized carbons (Fsp3) is 0.875. The van der Waals surface area contributed by atoms with Crippen molar-refractivity contribution in [1.29, 1.82) is 0 Å². The average molecular weight is 440 g/mol. The fourth-order valence-corrected chi connectivity index (χ4v) is 2.62. The lowest BCUT2D eigenvalue weighted by Crippen LogP contribution is -2.43. The first-order chi connectivity index (χ1) is 10.8. The predicted octanol–water partition coefficient (Wildman–Crippen LogP) is 1.89. The maximum atomic E-state index is 12.0. The van der Waals surface area contributed by atoms with Crippen molar-refractivity contribution in [3.63, 3.8) is 0 Å². The molecule has 1 fully saturated rings. The van der Waals surface area contributed by atoms with Gasteiger partial charge in [-0.3, -0.25) is 9.79 Å². The first kappa shape index (κ1) is 22.4. The van der Waals surface area contributed by atoms with Crippen molar-refractivity contribution in [3.05, 3.63) is 0 Å². The Kier molecular flexibility index (Phi) is 14.6. The third-order valence-electron chi connectivity index (χ3n) is 3.88. The van der Waals surface area contributed by atoms with Gasteiger partial charge < -0.3 is 20.7 Å². The van der Waals surface area contributed by atoms with Gasteiger partial charge in [0.15, 0.2) is 5.96 Å². The molecule has 136 valence electrons. The minimum Gasteiger partial charge on any atom is -0.382 e. The topological polar surface area (TPSA) is 74.8 Å². The number of carbonyl (C=O) groups excluding carboxylic acids is 1. The molecule has 0 saturated heterocycles. The van der Waals surface area contributed by atoms with Crippen LogP contribution >= 0.6 is 24.0 Å². The first-order valence-corrected chi connectivity index (χ1v) is 8.58. The van der Waals surface area contributed by atoms with Gasteiger partial charge in [-0.25, -0.2) is 0 Å². The molecule has 0 aromatic carbocycles. The van der Waals surface area contributed by atoms with Crippen LogP contribution < -0.4 is 16.0 Å². The van der Waals surface area contributed by atoms with Gasteiger partial charge in [-0.2, -0.15) is 0 Å². The van der Waals surface area contributed by atoms with Gasteiger partial charge in [0.1, 0.15) is 0 Å². The standard InChI is InChI=1S/C16H32N4O2.HI/c1-3-22-13-7-10-19-16(17-2)20-12-11-18-15(21)14-8-5-4-6-9-14;/h14H,3-13H2,1-2H3,(H,18,21)(H2,17,19,20);1H. The van der Waals surface area contributed by atoms with Crippen LogP contribution in [0, 0.1) is 5.92 Å². The molecule has 0 atom stereocenters. The molecule has 1 aliphatic rings. The number of aliphatic imine (C=N–C) groups is 1. The first-order valence-electron chi connectivity index (χ1n) is 8.58. The van der Waals surface area contributed by atoms with Gasteiger partial charge in [0.05, 0.1) is 0 Å². The zero-order chi connectivity index (χ0) is 16.0. The molecule has 0 aromatic heterocycles. The third kappa shape index (κ3) is 10.8. The Morgan fingerprint density at radius 1 is 1.09 bits per heavy atom. The number of rotatable bonds is 9. The largest absolute Gasteiger partial charge is 0.382 e. The molecule has 0 bridgehead atoms. The molecule has 1 saturated carbocycles. The van der Waals surface area contributed by atoms with E-state index in [9.17, 15) is 4.79 Å². The molecule has 0 radical (unpaired) electrons. The molecule has 0 aliphatic heterocycles. The molecule has 0 aromatic rings. The summed E-state index contributed by atoms with van der Waals surface area (Å²) in [6, 6.07) is 0. The van der Waals surface area contributed by atoms with Crippen molar-refractivity contribution < 1.29 is 9.53 Å². The molecule has 1 rings (SSSR count). The van der Waals surface area contributed by atoms with Gasteiger partial charge >= 0.3 is 0 Å². The van der Waals surface area contributed by atoms with Gasteiger partial charge in [-0.05, 0) is 26.2 Å². The maximum Gasteiger partial charge on any atom is 0.223 e. The minimum atomic E-state index is 0. The Hall–Kier alpha value is -0.570. The molecule has 7 heteroatoms. The molecule has 23 heavy (non-hydrogen) atoms. The number of nitrogens with zero attached hydrogens (tertiary/aromatic N) is 1. The van der Waals surface area contributed by atoms with Crippen LogP contribution in [0.1, 0.15) is 45.4 Å². The average Bonchev–Trinajstić information content (AvgIpc) is 2.57. The summed E-state index contributed by atoms with van der Waals surface area (Å²) in [5, 5.41) is 9.44. The normalized spacial score (nSPS) is 15.7. The molecule has 3 N–H and O–H groups in total. The van der Waals surface area contributed by atoms with Crippen LogP contribution in [0.15, 0.2) is 4.99 Å². The number of hydrogen-bond donors (Lipinski definition) is 3. The Bertz CT molecular complexity index is 334. The molecule has 0 unspecified atom stereocenters. The van der Waals surface area contributed by atoms with Crippen LogP contribution in [0.5, 0.6) is 0 Å². The number of guanidine groups is 1. The minimum absolute atomic E-state index is 0. The highest BCUT2D eigenvalue weighted by atomic mass is 127. The van der Waals surface area contributed by atoms with Gasteiger partial charge in [-0.1, -0.05) is 19.3 Å². The van der Waals surface area contributed by atoms with Crippen molar-refractivity contribution >= 4 is 35.8 Å². The van der Waals surface area contributed by atoms with Gasteiger partial charge in [0.2, 0.25) is 5.91 Å². The molecular formula is C16H33IN4O2. The molecule has 6 nitrogen and oxygen atoms in total. The van der Waals surface area contributed by atoms with Crippen LogP contribution in [0.25, 0.3) is 0 Å². The van der Waals surface area contributed by atoms with Gasteiger partial charge in [0, 0.05) is 45.8 Å². The zero-order valence-corrected chi connectivity index (χ0v) is 16.9. The van der Waals surface area contributed by atoms with E-state index >= 15 is 0 Å².